The Bertz CT molecular complexity index is 1110. The van der Waals surface area contributed by atoms with Crippen LogP contribution in [-0.4, -0.2) is 70.9 Å². The molecule has 1 aliphatic heterocycles. The van der Waals surface area contributed by atoms with E-state index in [9.17, 15) is 8.42 Å². The van der Waals surface area contributed by atoms with Crippen molar-refractivity contribution in [1.29, 1.82) is 0 Å². The fourth-order valence-corrected chi connectivity index (χ4v) is 4.74. The number of aromatic amines is 1. The minimum absolute atomic E-state index is 0.0271. The lowest BCUT2D eigenvalue weighted by atomic mass is 10.0. The molecule has 10 heteroatoms. The maximum Gasteiger partial charge on any atom is 0.211 e. The molecule has 0 saturated carbocycles. The van der Waals surface area contributed by atoms with Crippen LogP contribution in [0.25, 0.3) is 22.1 Å². The van der Waals surface area contributed by atoms with Crippen LogP contribution in [0.4, 0.5) is 4.39 Å². The molecule has 158 valence electrons. The van der Waals surface area contributed by atoms with Gasteiger partial charge in [0.25, 0.3) is 0 Å². The van der Waals surface area contributed by atoms with Crippen LogP contribution in [0.15, 0.2) is 18.5 Å². The van der Waals surface area contributed by atoms with E-state index in [0.717, 1.165) is 29.6 Å². The molecule has 0 bridgehead atoms. The number of sulfonamides is 1. The molecular weight excluding hydrogens is 395 g/mol. The number of aromatic nitrogens is 4. The second-order valence-corrected chi connectivity index (χ2v) is 9.54. The van der Waals surface area contributed by atoms with E-state index in [4.69, 9.17) is 4.98 Å². The van der Waals surface area contributed by atoms with Crippen molar-refractivity contribution < 1.29 is 12.8 Å². The van der Waals surface area contributed by atoms with Crippen LogP contribution < -0.4 is 4.72 Å². The summed E-state index contributed by atoms with van der Waals surface area (Å²) in [5.41, 5.74) is 2.30. The lowest BCUT2D eigenvalue weighted by Gasteiger charge is -2.35. The molecular formula is C19H27FN6O2S. The SMILES string of the molecule is CCN1CC[C@@H](n2c(CCNS(=O)(=O)CC)nc3cnc4[nH]ccc4c32)C(F)C1. The number of imidazole rings is 1. The Morgan fingerprint density at radius 1 is 1.38 bits per heavy atom. The number of hydrogen-bond donors (Lipinski definition) is 2. The Hall–Kier alpha value is -2.04. The van der Waals surface area contributed by atoms with Crippen LogP contribution >= 0.6 is 0 Å². The summed E-state index contributed by atoms with van der Waals surface area (Å²) in [6.07, 6.45) is 3.56. The van der Waals surface area contributed by atoms with Gasteiger partial charge in [-0.05, 0) is 26.0 Å². The normalized spacial score (nSPS) is 21.3. The minimum atomic E-state index is -3.29. The molecule has 3 aromatic rings. The molecule has 2 atom stereocenters. The number of rotatable bonds is 7. The van der Waals surface area contributed by atoms with Crippen molar-refractivity contribution in [2.45, 2.75) is 38.9 Å². The van der Waals surface area contributed by atoms with E-state index in [2.05, 4.69) is 19.6 Å². The highest BCUT2D eigenvalue weighted by Crippen LogP contribution is 2.33. The van der Waals surface area contributed by atoms with Gasteiger partial charge in [0.15, 0.2) is 0 Å². The van der Waals surface area contributed by atoms with Gasteiger partial charge in [-0.1, -0.05) is 6.92 Å². The Balaban J connectivity index is 1.75. The summed E-state index contributed by atoms with van der Waals surface area (Å²) >= 11 is 0. The topological polar surface area (TPSA) is 95.9 Å². The lowest BCUT2D eigenvalue weighted by molar-refractivity contribution is 0.0939. The second-order valence-electron chi connectivity index (χ2n) is 7.44. The van der Waals surface area contributed by atoms with Gasteiger partial charge in [0.2, 0.25) is 10.0 Å². The zero-order chi connectivity index (χ0) is 20.6. The summed E-state index contributed by atoms with van der Waals surface area (Å²) in [5.74, 6) is 0.714. The summed E-state index contributed by atoms with van der Waals surface area (Å²) in [6, 6.07) is 1.60. The minimum Gasteiger partial charge on any atom is -0.346 e. The smallest absolute Gasteiger partial charge is 0.211 e. The van der Waals surface area contributed by atoms with Gasteiger partial charge in [0, 0.05) is 37.6 Å². The van der Waals surface area contributed by atoms with Gasteiger partial charge in [-0.2, -0.15) is 0 Å². The Kier molecular flexibility index (Phi) is 5.58. The molecule has 0 radical (unpaired) electrons. The van der Waals surface area contributed by atoms with Crippen LogP contribution in [0.2, 0.25) is 0 Å². The zero-order valence-corrected chi connectivity index (χ0v) is 17.5. The quantitative estimate of drug-likeness (QED) is 0.607. The van der Waals surface area contributed by atoms with E-state index in [-0.39, 0.29) is 18.3 Å². The number of piperidine rings is 1. The molecule has 1 unspecified atom stereocenters. The van der Waals surface area contributed by atoms with Crippen molar-refractivity contribution in [3.63, 3.8) is 0 Å². The predicted molar refractivity (Wildman–Crippen MR) is 111 cm³/mol. The Morgan fingerprint density at radius 2 is 2.21 bits per heavy atom. The van der Waals surface area contributed by atoms with E-state index in [1.807, 2.05) is 23.8 Å². The molecule has 0 spiro atoms. The van der Waals surface area contributed by atoms with Crippen molar-refractivity contribution in [1.82, 2.24) is 29.1 Å². The van der Waals surface area contributed by atoms with Crippen molar-refractivity contribution in [2.24, 2.45) is 0 Å². The second kappa shape index (κ2) is 8.00. The van der Waals surface area contributed by atoms with Gasteiger partial charge in [-0.3, -0.25) is 0 Å². The summed E-state index contributed by atoms with van der Waals surface area (Å²) in [5, 5.41) is 0.903. The molecule has 1 saturated heterocycles. The molecule has 4 rings (SSSR count). The standard InChI is InChI=1S/C19H27FN6O2S/c1-3-25-10-7-16(14(20)12-25)26-17(6-9-23-29(27,28)4-2)24-15-11-22-19-13(18(15)26)5-8-21-19/h5,8,11,14,16,23H,3-4,6-7,9-10,12H2,1-2H3,(H,21,22)/t14?,16-/m1/s1. The molecule has 0 aliphatic carbocycles. The average Bonchev–Trinajstić information content (AvgIpc) is 3.31. The largest absolute Gasteiger partial charge is 0.346 e. The van der Waals surface area contributed by atoms with Crippen LogP contribution in [0.5, 0.6) is 0 Å². The first-order valence-corrected chi connectivity index (χ1v) is 11.8. The number of H-pyrrole nitrogens is 1. The van der Waals surface area contributed by atoms with Crippen LogP contribution in [0.3, 0.4) is 0 Å². The number of nitrogens with one attached hydrogen (secondary N) is 2. The molecule has 8 nitrogen and oxygen atoms in total. The summed E-state index contributed by atoms with van der Waals surface area (Å²) < 4.78 is 43.4. The van der Waals surface area contributed by atoms with Gasteiger partial charge in [0.05, 0.1) is 23.5 Å². The number of pyridine rings is 1. The number of nitrogens with zero attached hydrogens (tertiary/aromatic N) is 4. The van der Waals surface area contributed by atoms with Gasteiger partial charge in [-0.25, -0.2) is 27.5 Å². The lowest BCUT2D eigenvalue weighted by Crippen LogP contribution is -2.43. The predicted octanol–water partition coefficient (Wildman–Crippen LogP) is 2.00. The van der Waals surface area contributed by atoms with E-state index >= 15 is 4.39 Å². The van der Waals surface area contributed by atoms with Crippen molar-refractivity contribution in [3.8, 4) is 0 Å². The summed E-state index contributed by atoms with van der Waals surface area (Å²) in [6.45, 7) is 5.92. The average molecular weight is 423 g/mol. The van der Waals surface area contributed by atoms with Crippen LogP contribution in [0, 0.1) is 0 Å². The molecule has 4 heterocycles. The first-order chi connectivity index (χ1) is 13.9. The maximum absolute atomic E-state index is 15.2. The highest BCUT2D eigenvalue weighted by molar-refractivity contribution is 7.89. The molecule has 0 aromatic carbocycles. The van der Waals surface area contributed by atoms with E-state index in [0.29, 0.717) is 30.7 Å². The maximum atomic E-state index is 15.2. The number of halogens is 1. The van der Waals surface area contributed by atoms with E-state index in [1.54, 1.807) is 13.1 Å². The van der Waals surface area contributed by atoms with E-state index in [1.165, 1.54) is 0 Å². The van der Waals surface area contributed by atoms with Gasteiger partial charge >= 0.3 is 0 Å². The third-order valence-electron chi connectivity index (χ3n) is 5.73. The fraction of sp³-hybridized carbons (Fsp3) is 0.579. The Labute approximate surface area is 169 Å². The molecule has 1 aliphatic rings. The first-order valence-electron chi connectivity index (χ1n) is 10.1. The van der Waals surface area contributed by atoms with Gasteiger partial charge < -0.3 is 14.5 Å². The van der Waals surface area contributed by atoms with E-state index < -0.39 is 16.2 Å². The van der Waals surface area contributed by atoms with Crippen LogP contribution in [0.1, 0.15) is 32.1 Å². The number of fused-ring (bicyclic) bond motifs is 3. The molecule has 2 N–H and O–H groups in total. The zero-order valence-electron chi connectivity index (χ0n) is 16.7. The highest BCUT2D eigenvalue weighted by Gasteiger charge is 2.33. The molecule has 0 amide bonds. The van der Waals surface area contributed by atoms with Gasteiger partial charge in [-0.15, -0.1) is 0 Å². The third-order valence-corrected chi connectivity index (χ3v) is 7.13. The van der Waals surface area contributed by atoms with Gasteiger partial charge in [0.1, 0.15) is 23.2 Å². The third kappa shape index (κ3) is 3.88. The molecule has 3 aromatic heterocycles. The summed E-state index contributed by atoms with van der Waals surface area (Å²) in [4.78, 5) is 14.3. The Morgan fingerprint density at radius 3 is 2.93 bits per heavy atom. The fourth-order valence-electron chi connectivity index (χ4n) is 4.13. The number of likely N-dealkylation sites (tertiary alicyclic amines) is 1. The summed E-state index contributed by atoms with van der Waals surface area (Å²) in [7, 11) is -3.29. The van der Waals surface area contributed by atoms with Crippen molar-refractivity contribution >= 4 is 32.1 Å². The molecule has 1 fully saturated rings. The molecule has 29 heavy (non-hydrogen) atoms. The van der Waals surface area contributed by atoms with Crippen molar-refractivity contribution in [2.75, 3.05) is 31.9 Å². The number of hydrogen-bond acceptors (Lipinski definition) is 5. The van der Waals surface area contributed by atoms with Crippen molar-refractivity contribution in [3.05, 3.63) is 24.3 Å². The number of alkyl halides is 1. The monoisotopic (exact) mass is 422 g/mol. The van der Waals surface area contributed by atoms with Crippen LogP contribution in [-0.2, 0) is 16.4 Å². The highest BCUT2D eigenvalue weighted by atomic mass is 32.2. The first kappa shape index (κ1) is 20.2.